The van der Waals surface area contributed by atoms with Gasteiger partial charge in [-0.3, -0.25) is 9.48 Å². The minimum atomic E-state index is 0.0507. The van der Waals surface area contributed by atoms with Gasteiger partial charge in [0.25, 0.3) is 5.91 Å². The molecule has 0 unspecified atom stereocenters. The van der Waals surface area contributed by atoms with E-state index in [1.54, 1.807) is 7.11 Å². The van der Waals surface area contributed by atoms with E-state index < -0.39 is 0 Å². The number of aromatic nitrogens is 2. The lowest BCUT2D eigenvalue weighted by atomic mass is 10.1. The van der Waals surface area contributed by atoms with Gasteiger partial charge in [0.1, 0.15) is 5.75 Å². The van der Waals surface area contributed by atoms with Crippen LogP contribution in [0.3, 0.4) is 0 Å². The Morgan fingerprint density at radius 1 is 1.03 bits per heavy atom. The molecule has 4 rings (SSSR count). The summed E-state index contributed by atoms with van der Waals surface area (Å²) in [7, 11) is 1.67. The second-order valence-electron chi connectivity index (χ2n) is 7.77. The molecule has 2 aromatic carbocycles. The van der Waals surface area contributed by atoms with Crippen molar-refractivity contribution in [2.24, 2.45) is 0 Å². The van der Waals surface area contributed by atoms with Crippen LogP contribution in [0.1, 0.15) is 27.3 Å². The lowest BCUT2D eigenvalue weighted by Crippen LogP contribution is -2.49. The molecule has 31 heavy (non-hydrogen) atoms. The Morgan fingerprint density at radius 2 is 1.71 bits per heavy atom. The zero-order valence-corrected chi connectivity index (χ0v) is 18.9. The number of hydrogen-bond acceptors (Lipinski definition) is 4. The summed E-state index contributed by atoms with van der Waals surface area (Å²) in [6.45, 7) is 7.35. The summed E-state index contributed by atoms with van der Waals surface area (Å²) in [6.07, 6.45) is 0. The quantitative estimate of drug-likeness (QED) is 0.599. The first-order valence-electron chi connectivity index (χ1n) is 10.4. The fourth-order valence-electron chi connectivity index (χ4n) is 4.07. The molecule has 1 fully saturated rings. The predicted molar refractivity (Wildman–Crippen MR) is 123 cm³/mol. The van der Waals surface area contributed by atoms with E-state index in [-0.39, 0.29) is 5.91 Å². The van der Waals surface area contributed by atoms with E-state index in [4.69, 9.17) is 16.3 Å². The second-order valence-corrected chi connectivity index (χ2v) is 8.18. The maximum absolute atomic E-state index is 13.3. The first-order chi connectivity index (χ1) is 15.0. The van der Waals surface area contributed by atoms with Crippen LogP contribution in [0.15, 0.2) is 48.5 Å². The van der Waals surface area contributed by atoms with Gasteiger partial charge in [-0.05, 0) is 49.7 Å². The molecule has 0 atom stereocenters. The van der Waals surface area contributed by atoms with E-state index in [2.05, 4.69) is 22.1 Å². The lowest BCUT2D eigenvalue weighted by molar-refractivity contribution is 0.0745. The summed E-state index contributed by atoms with van der Waals surface area (Å²) in [6, 6.07) is 15.8. The van der Waals surface area contributed by atoms with Gasteiger partial charge in [-0.15, -0.1) is 0 Å². The number of benzene rings is 2. The first kappa shape index (κ1) is 21.2. The SMILES string of the molecule is COc1ccc(N2CCN(C(=O)c3c(C)nn(Cc4ccccc4Cl)c3C)CC2)cc1. The molecule has 3 aromatic rings. The Labute approximate surface area is 188 Å². The largest absolute Gasteiger partial charge is 0.497 e. The van der Waals surface area contributed by atoms with E-state index >= 15 is 0 Å². The third kappa shape index (κ3) is 4.39. The number of halogens is 1. The normalized spacial score (nSPS) is 14.1. The van der Waals surface area contributed by atoms with E-state index in [1.165, 1.54) is 0 Å². The third-order valence-electron chi connectivity index (χ3n) is 5.88. The van der Waals surface area contributed by atoms with Gasteiger partial charge in [-0.1, -0.05) is 29.8 Å². The molecule has 0 spiro atoms. The number of carbonyl (C=O) groups is 1. The van der Waals surface area contributed by atoms with Crippen LogP contribution in [0.25, 0.3) is 0 Å². The number of aryl methyl sites for hydroxylation is 1. The lowest BCUT2D eigenvalue weighted by Gasteiger charge is -2.36. The number of methoxy groups -OCH3 is 1. The average molecular weight is 439 g/mol. The average Bonchev–Trinajstić information content (AvgIpc) is 3.07. The Morgan fingerprint density at radius 3 is 2.35 bits per heavy atom. The fraction of sp³-hybridized carbons (Fsp3) is 0.333. The number of nitrogens with zero attached hydrogens (tertiary/aromatic N) is 4. The van der Waals surface area contributed by atoms with Crippen LogP contribution in [0.2, 0.25) is 5.02 Å². The molecule has 1 saturated heterocycles. The van der Waals surface area contributed by atoms with Crippen molar-refractivity contribution < 1.29 is 9.53 Å². The van der Waals surface area contributed by atoms with Gasteiger partial charge >= 0.3 is 0 Å². The molecule has 1 aliphatic rings. The van der Waals surface area contributed by atoms with Crippen LogP contribution >= 0.6 is 11.6 Å². The van der Waals surface area contributed by atoms with Gasteiger partial charge in [0.05, 0.1) is 24.9 Å². The Hall–Kier alpha value is -2.99. The molecule has 1 aromatic heterocycles. The molecule has 0 aliphatic carbocycles. The molecular weight excluding hydrogens is 412 g/mol. The monoisotopic (exact) mass is 438 g/mol. The van der Waals surface area contributed by atoms with Crippen molar-refractivity contribution >= 4 is 23.2 Å². The molecular formula is C24H27ClN4O2. The van der Waals surface area contributed by atoms with Crippen LogP contribution in [0, 0.1) is 13.8 Å². The first-order valence-corrected chi connectivity index (χ1v) is 10.8. The highest BCUT2D eigenvalue weighted by Crippen LogP contribution is 2.23. The summed E-state index contributed by atoms with van der Waals surface area (Å²) in [5.41, 5.74) is 4.46. The number of piperazine rings is 1. The van der Waals surface area contributed by atoms with E-state index in [9.17, 15) is 4.79 Å². The van der Waals surface area contributed by atoms with Crippen LogP contribution in [0.4, 0.5) is 5.69 Å². The standard InChI is InChI=1S/C24H27ClN4O2/c1-17-23(18(2)29(26-17)16-19-6-4-5-7-22(19)25)24(30)28-14-12-27(13-15-28)20-8-10-21(31-3)11-9-20/h4-11H,12-16H2,1-3H3. The van der Waals surface area contributed by atoms with Crippen molar-refractivity contribution in [2.45, 2.75) is 20.4 Å². The van der Waals surface area contributed by atoms with Crippen LogP contribution < -0.4 is 9.64 Å². The number of amides is 1. The Kier molecular flexibility index (Phi) is 6.18. The molecule has 0 radical (unpaired) electrons. The molecule has 162 valence electrons. The Balaban J connectivity index is 1.45. The number of hydrogen-bond donors (Lipinski definition) is 0. The number of carbonyl (C=O) groups excluding carboxylic acids is 1. The predicted octanol–water partition coefficient (Wildman–Crippen LogP) is 4.17. The van der Waals surface area contributed by atoms with Gasteiger partial charge in [-0.25, -0.2) is 0 Å². The van der Waals surface area contributed by atoms with Crippen molar-refractivity contribution in [1.29, 1.82) is 0 Å². The van der Waals surface area contributed by atoms with Crippen molar-refractivity contribution in [3.63, 3.8) is 0 Å². The maximum atomic E-state index is 13.3. The zero-order chi connectivity index (χ0) is 22.0. The second kappa shape index (κ2) is 9.02. The summed E-state index contributed by atoms with van der Waals surface area (Å²) in [4.78, 5) is 17.5. The summed E-state index contributed by atoms with van der Waals surface area (Å²) < 4.78 is 7.11. The minimum absolute atomic E-state index is 0.0507. The van der Waals surface area contributed by atoms with E-state index in [0.29, 0.717) is 30.2 Å². The third-order valence-corrected chi connectivity index (χ3v) is 6.25. The number of rotatable bonds is 5. The molecule has 2 heterocycles. The van der Waals surface area contributed by atoms with Gasteiger partial charge in [0.2, 0.25) is 0 Å². The summed E-state index contributed by atoms with van der Waals surface area (Å²) in [5, 5.41) is 5.34. The fourth-order valence-corrected chi connectivity index (χ4v) is 4.26. The smallest absolute Gasteiger partial charge is 0.257 e. The van der Waals surface area contributed by atoms with Crippen molar-refractivity contribution in [2.75, 3.05) is 38.2 Å². The van der Waals surface area contributed by atoms with Gasteiger partial charge in [0, 0.05) is 42.6 Å². The Bertz CT molecular complexity index is 1070. The molecule has 1 amide bonds. The van der Waals surface area contributed by atoms with Crippen molar-refractivity contribution in [1.82, 2.24) is 14.7 Å². The molecule has 1 aliphatic heterocycles. The highest BCUT2D eigenvalue weighted by atomic mass is 35.5. The van der Waals surface area contributed by atoms with E-state index in [1.807, 2.05) is 59.8 Å². The van der Waals surface area contributed by atoms with Crippen molar-refractivity contribution in [3.8, 4) is 5.75 Å². The van der Waals surface area contributed by atoms with E-state index in [0.717, 1.165) is 41.5 Å². The topological polar surface area (TPSA) is 50.6 Å². The molecule has 6 nitrogen and oxygen atoms in total. The minimum Gasteiger partial charge on any atom is -0.497 e. The molecule has 0 saturated carbocycles. The van der Waals surface area contributed by atoms with Gasteiger partial charge < -0.3 is 14.5 Å². The highest BCUT2D eigenvalue weighted by molar-refractivity contribution is 6.31. The number of anilines is 1. The maximum Gasteiger partial charge on any atom is 0.257 e. The van der Waals surface area contributed by atoms with Crippen molar-refractivity contribution in [3.05, 3.63) is 76.1 Å². The summed E-state index contributed by atoms with van der Waals surface area (Å²) in [5.74, 6) is 0.895. The van der Waals surface area contributed by atoms with Crippen LogP contribution in [-0.2, 0) is 6.54 Å². The highest BCUT2D eigenvalue weighted by Gasteiger charge is 2.27. The number of ether oxygens (including phenoxy) is 1. The summed E-state index contributed by atoms with van der Waals surface area (Å²) >= 11 is 6.31. The van der Waals surface area contributed by atoms with Gasteiger partial charge in [0.15, 0.2) is 0 Å². The zero-order valence-electron chi connectivity index (χ0n) is 18.1. The molecule has 0 bridgehead atoms. The molecule has 7 heteroatoms. The van der Waals surface area contributed by atoms with Gasteiger partial charge in [-0.2, -0.15) is 5.10 Å². The van der Waals surface area contributed by atoms with Crippen LogP contribution in [0.5, 0.6) is 5.75 Å². The molecule has 0 N–H and O–H groups in total. The van der Waals surface area contributed by atoms with Crippen LogP contribution in [-0.4, -0.2) is 53.9 Å².